The van der Waals surface area contributed by atoms with Gasteiger partial charge in [0.15, 0.2) is 0 Å². The Bertz CT molecular complexity index is 472. The summed E-state index contributed by atoms with van der Waals surface area (Å²) in [6, 6.07) is 17.1. The van der Waals surface area contributed by atoms with Gasteiger partial charge in [-0.1, -0.05) is 49.0 Å². The molecule has 15 heavy (non-hydrogen) atoms. The van der Waals surface area contributed by atoms with E-state index in [-0.39, 0.29) is 5.75 Å². The van der Waals surface area contributed by atoms with Crippen molar-refractivity contribution in [3.8, 4) is 5.75 Å². The van der Waals surface area contributed by atoms with Crippen LogP contribution in [0.15, 0.2) is 61.2 Å². The van der Waals surface area contributed by atoms with Gasteiger partial charge in [-0.2, -0.15) is 0 Å². The predicted octanol–water partition coefficient (Wildman–Crippen LogP) is 3.45. The van der Waals surface area contributed by atoms with Crippen LogP contribution in [0.3, 0.4) is 0 Å². The van der Waals surface area contributed by atoms with Crippen molar-refractivity contribution >= 4 is 5.57 Å². The first-order valence-corrected chi connectivity index (χ1v) is 4.81. The second-order valence-electron chi connectivity index (χ2n) is 3.39. The molecule has 2 aromatic rings. The zero-order valence-electron chi connectivity index (χ0n) is 8.35. The average molecular weight is 196 g/mol. The van der Waals surface area contributed by atoms with Crippen molar-refractivity contribution in [2.75, 3.05) is 0 Å². The van der Waals surface area contributed by atoms with Gasteiger partial charge in [-0.3, -0.25) is 0 Å². The zero-order valence-corrected chi connectivity index (χ0v) is 8.35. The molecule has 0 aliphatic heterocycles. The van der Waals surface area contributed by atoms with E-state index in [1.165, 1.54) is 0 Å². The van der Waals surface area contributed by atoms with E-state index in [4.69, 9.17) is 0 Å². The van der Waals surface area contributed by atoms with Gasteiger partial charge in [0.05, 0.1) is 0 Å². The largest absolute Gasteiger partial charge is 0.508 e. The molecular weight excluding hydrogens is 184 g/mol. The van der Waals surface area contributed by atoms with Gasteiger partial charge in [0.2, 0.25) is 0 Å². The fourth-order valence-electron chi connectivity index (χ4n) is 1.50. The Morgan fingerprint density at radius 1 is 0.867 bits per heavy atom. The third-order valence-corrected chi connectivity index (χ3v) is 2.32. The van der Waals surface area contributed by atoms with E-state index in [0.717, 1.165) is 16.7 Å². The highest BCUT2D eigenvalue weighted by Crippen LogP contribution is 2.23. The lowest BCUT2D eigenvalue weighted by Crippen LogP contribution is -1.84. The summed E-state index contributed by atoms with van der Waals surface area (Å²) in [7, 11) is 0. The Morgan fingerprint density at radius 3 is 2.20 bits per heavy atom. The van der Waals surface area contributed by atoms with Crippen molar-refractivity contribution in [3.05, 3.63) is 72.3 Å². The van der Waals surface area contributed by atoms with Crippen molar-refractivity contribution in [2.45, 2.75) is 0 Å². The molecule has 0 aliphatic carbocycles. The highest BCUT2D eigenvalue weighted by atomic mass is 16.3. The van der Waals surface area contributed by atoms with Gasteiger partial charge < -0.3 is 5.11 Å². The van der Waals surface area contributed by atoms with Crippen LogP contribution in [0.4, 0.5) is 0 Å². The molecule has 0 heterocycles. The highest BCUT2D eigenvalue weighted by molar-refractivity contribution is 5.78. The summed E-state index contributed by atoms with van der Waals surface area (Å²) in [6.07, 6.45) is 0. The lowest BCUT2D eigenvalue weighted by atomic mass is 10.00. The van der Waals surface area contributed by atoms with Gasteiger partial charge in [-0.05, 0) is 28.8 Å². The third kappa shape index (κ3) is 2.08. The molecule has 0 aliphatic rings. The molecule has 0 bridgehead atoms. The molecule has 0 saturated heterocycles. The van der Waals surface area contributed by atoms with Crippen LogP contribution in [-0.2, 0) is 0 Å². The normalized spacial score (nSPS) is 9.87. The Labute approximate surface area is 89.3 Å². The summed E-state index contributed by atoms with van der Waals surface area (Å²) >= 11 is 0. The first-order valence-electron chi connectivity index (χ1n) is 4.81. The number of phenols is 1. The van der Waals surface area contributed by atoms with Crippen LogP contribution in [0.1, 0.15) is 11.1 Å². The maximum absolute atomic E-state index is 9.37. The van der Waals surface area contributed by atoms with E-state index in [0.29, 0.717) is 0 Å². The summed E-state index contributed by atoms with van der Waals surface area (Å²) in [5, 5.41) is 9.37. The molecule has 1 heteroatoms. The standard InChI is InChI=1S/C14H12O/c1-11(12-6-3-2-4-7-12)13-8-5-9-14(15)10-13/h2-10,15H,1H2. The third-order valence-electron chi connectivity index (χ3n) is 2.32. The van der Waals surface area contributed by atoms with Crippen LogP contribution in [0.5, 0.6) is 5.75 Å². The van der Waals surface area contributed by atoms with Crippen molar-refractivity contribution in [3.63, 3.8) is 0 Å². The molecule has 0 amide bonds. The molecular formula is C14H12O. The second-order valence-corrected chi connectivity index (χ2v) is 3.39. The SMILES string of the molecule is C=C(c1ccccc1)c1cccc(O)c1. The average Bonchev–Trinajstić information content (AvgIpc) is 2.29. The molecule has 1 N–H and O–H groups in total. The minimum Gasteiger partial charge on any atom is -0.508 e. The van der Waals surface area contributed by atoms with E-state index in [1.54, 1.807) is 12.1 Å². The maximum Gasteiger partial charge on any atom is 0.116 e. The molecule has 0 saturated carbocycles. The number of aromatic hydroxyl groups is 1. The molecule has 1 nitrogen and oxygen atoms in total. The van der Waals surface area contributed by atoms with Crippen LogP contribution in [0.25, 0.3) is 5.57 Å². The van der Waals surface area contributed by atoms with Gasteiger partial charge in [0, 0.05) is 0 Å². The summed E-state index contributed by atoms with van der Waals surface area (Å²) in [6.45, 7) is 4.03. The van der Waals surface area contributed by atoms with Crippen molar-refractivity contribution in [1.82, 2.24) is 0 Å². The van der Waals surface area contributed by atoms with Crippen LogP contribution >= 0.6 is 0 Å². The van der Waals surface area contributed by atoms with Gasteiger partial charge in [0.1, 0.15) is 5.75 Å². The Morgan fingerprint density at radius 2 is 1.53 bits per heavy atom. The quantitative estimate of drug-likeness (QED) is 0.779. The molecule has 2 aromatic carbocycles. The zero-order chi connectivity index (χ0) is 10.7. The number of rotatable bonds is 2. The number of phenolic OH excluding ortho intramolecular Hbond substituents is 1. The first-order chi connectivity index (χ1) is 7.27. The van der Waals surface area contributed by atoms with Gasteiger partial charge in [-0.15, -0.1) is 0 Å². The van der Waals surface area contributed by atoms with Crippen molar-refractivity contribution in [1.29, 1.82) is 0 Å². The first kappa shape index (κ1) is 9.53. The predicted molar refractivity (Wildman–Crippen MR) is 62.7 cm³/mol. The molecule has 0 radical (unpaired) electrons. The van der Waals surface area contributed by atoms with Crippen LogP contribution in [0, 0.1) is 0 Å². The van der Waals surface area contributed by atoms with Crippen LogP contribution in [-0.4, -0.2) is 5.11 Å². The number of benzene rings is 2. The summed E-state index contributed by atoms with van der Waals surface area (Å²) < 4.78 is 0. The highest BCUT2D eigenvalue weighted by Gasteiger charge is 2.01. The fraction of sp³-hybridized carbons (Fsp3) is 0. The Kier molecular flexibility index (Phi) is 2.55. The van der Waals surface area contributed by atoms with E-state index in [9.17, 15) is 5.11 Å². The maximum atomic E-state index is 9.37. The molecule has 0 aromatic heterocycles. The van der Waals surface area contributed by atoms with E-state index >= 15 is 0 Å². The smallest absolute Gasteiger partial charge is 0.116 e. The minimum atomic E-state index is 0.268. The van der Waals surface area contributed by atoms with Gasteiger partial charge in [0.25, 0.3) is 0 Å². The lowest BCUT2D eigenvalue weighted by Gasteiger charge is -2.06. The Balaban J connectivity index is 2.37. The fourth-order valence-corrected chi connectivity index (χ4v) is 1.50. The number of hydrogen-bond donors (Lipinski definition) is 1. The molecule has 0 unspecified atom stereocenters. The van der Waals surface area contributed by atoms with Crippen LogP contribution in [0.2, 0.25) is 0 Å². The second kappa shape index (κ2) is 4.01. The molecule has 0 atom stereocenters. The monoisotopic (exact) mass is 196 g/mol. The summed E-state index contributed by atoms with van der Waals surface area (Å²) in [5.41, 5.74) is 2.94. The van der Waals surface area contributed by atoms with E-state index in [1.807, 2.05) is 42.5 Å². The van der Waals surface area contributed by atoms with Crippen molar-refractivity contribution in [2.24, 2.45) is 0 Å². The van der Waals surface area contributed by atoms with Gasteiger partial charge in [-0.25, -0.2) is 0 Å². The Hall–Kier alpha value is -2.02. The molecule has 0 fully saturated rings. The molecule has 74 valence electrons. The minimum absolute atomic E-state index is 0.268. The van der Waals surface area contributed by atoms with Gasteiger partial charge >= 0.3 is 0 Å². The van der Waals surface area contributed by atoms with Crippen LogP contribution < -0.4 is 0 Å². The lowest BCUT2D eigenvalue weighted by molar-refractivity contribution is 0.475. The van der Waals surface area contributed by atoms with Crippen molar-refractivity contribution < 1.29 is 5.11 Å². The molecule has 2 rings (SSSR count). The molecule has 0 spiro atoms. The van der Waals surface area contributed by atoms with E-state index in [2.05, 4.69) is 6.58 Å². The van der Waals surface area contributed by atoms with E-state index < -0.39 is 0 Å². The topological polar surface area (TPSA) is 20.2 Å². The number of hydrogen-bond acceptors (Lipinski definition) is 1. The summed E-state index contributed by atoms with van der Waals surface area (Å²) in [4.78, 5) is 0. The summed E-state index contributed by atoms with van der Waals surface area (Å²) in [5.74, 6) is 0.268.